The molecule has 3 aromatic rings. The Morgan fingerprint density at radius 1 is 0.758 bits per heavy atom. The van der Waals surface area contributed by atoms with Crippen molar-refractivity contribution < 1.29 is 28.7 Å². The highest BCUT2D eigenvalue weighted by Crippen LogP contribution is 2.30. The molecular weight excluding hydrogens is 422 g/mol. The average molecular weight is 441 g/mol. The fraction of sp³-hybridized carbons (Fsp3) is 0.115. The normalized spacial score (nSPS) is 13.5. The molecule has 2 amide bonds. The molecule has 0 fully saturated rings. The van der Waals surface area contributed by atoms with Crippen molar-refractivity contribution in [1.29, 1.82) is 0 Å². The van der Waals surface area contributed by atoms with Crippen LogP contribution in [0.2, 0.25) is 0 Å². The number of amides is 2. The summed E-state index contributed by atoms with van der Waals surface area (Å²) in [5.74, 6) is -2.50. The van der Waals surface area contributed by atoms with Crippen LogP contribution < -0.4 is 4.90 Å². The SMILES string of the molecule is CC(=O)c1cccc(N2C(=O)c3ccc(C(=O)O[C@H](C)C(=O)c4ccccc4)cc3C2=O)c1. The van der Waals surface area contributed by atoms with Gasteiger partial charge in [-0.1, -0.05) is 42.5 Å². The highest BCUT2D eigenvalue weighted by molar-refractivity contribution is 6.34. The van der Waals surface area contributed by atoms with Crippen molar-refractivity contribution in [2.45, 2.75) is 20.0 Å². The molecule has 4 rings (SSSR count). The Bertz CT molecular complexity index is 1310. The zero-order valence-electron chi connectivity index (χ0n) is 17.9. The fourth-order valence-electron chi connectivity index (χ4n) is 3.59. The zero-order chi connectivity index (χ0) is 23.7. The van der Waals surface area contributed by atoms with E-state index in [4.69, 9.17) is 4.74 Å². The number of hydrogen-bond donors (Lipinski definition) is 0. The van der Waals surface area contributed by atoms with Crippen LogP contribution in [0.15, 0.2) is 72.8 Å². The first-order valence-corrected chi connectivity index (χ1v) is 10.2. The van der Waals surface area contributed by atoms with E-state index in [-0.39, 0.29) is 33.9 Å². The Kier molecular flexibility index (Phi) is 5.70. The summed E-state index contributed by atoms with van der Waals surface area (Å²) in [7, 11) is 0. The molecule has 0 bridgehead atoms. The number of carbonyl (C=O) groups excluding carboxylic acids is 5. The maximum absolute atomic E-state index is 13.0. The minimum atomic E-state index is -1.03. The Hall–Kier alpha value is -4.39. The summed E-state index contributed by atoms with van der Waals surface area (Å²) < 4.78 is 5.29. The smallest absolute Gasteiger partial charge is 0.338 e. The van der Waals surface area contributed by atoms with Crippen LogP contribution in [0.3, 0.4) is 0 Å². The second-order valence-electron chi connectivity index (χ2n) is 7.59. The molecule has 1 aliphatic rings. The summed E-state index contributed by atoms with van der Waals surface area (Å²) >= 11 is 0. The first kappa shape index (κ1) is 21.8. The van der Waals surface area contributed by atoms with E-state index in [1.54, 1.807) is 48.5 Å². The lowest BCUT2D eigenvalue weighted by Crippen LogP contribution is -2.29. The molecule has 0 unspecified atom stereocenters. The van der Waals surface area contributed by atoms with Gasteiger partial charge in [0.1, 0.15) is 0 Å². The molecule has 1 aliphatic heterocycles. The second-order valence-corrected chi connectivity index (χ2v) is 7.59. The maximum Gasteiger partial charge on any atom is 0.338 e. The molecule has 0 saturated heterocycles. The third kappa shape index (κ3) is 4.08. The maximum atomic E-state index is 13.0. The van der Waals surface area contributed by atoms with Crippen LogP contribution in [-0.4, -0.2) is 35.5 Å². The summed E-state index contributed by atoms with van der Waals surface area (Å²) in [6, 6.07) is 18.7. The first-order valence-electron chi connectivity index (χ1n) is 10.2. The standard InChI is InChI=1S/C26H19NO6/c1-15(28)18-9-6-10-20(13-18)27-24(30)21-12-11-19(14-22(21)25(27)31)26(32)33-16(2)23(29)17-7-4-3-5-8-17/h3-14,16H,1-2H3/t16-/m1/s1. The summed E-state index contributed by atoms with van der Waals surface area (Å²) in [5, 5.41) is 0. The van der Waals surface area contributed by atoms with E-state index < -0.39 is 23.9 Å². The minimum Gasteiger partial charge on any atom is -0.451 e. The highest BCUT2D eigenvalue weighted by Gasteiger charge is 2.37. The summed E-state index contributed by atoms with van der Waals surface area (Å²) in [4.78, 5) is 63.6. The Balaban J connectivity index is 1.56. The largest absolute Gasteiger partial charge is 0.451 e. The predicted molar refractivity (Wildman–Crippen MR) is 120 cm³/mol. The van der Waals surface area contributed by atoms with Crippen LogP contribution in [0.5, 0.6) is 0 Å². The number of Topliss-reactive ketones (excluding diaryl/α,β-unsaturated/α-hetero) is 2. The first-order chi connectivity index (χ1) is 15.8. The van der Waals surface area contributed by atoms with Crippen molar-refractivity contribution in [1.82, 2.24) is 0 Å². The number of benzene rings is 3. The van der Waals surface area contributed by atoms with Crippen LogP contribution in [0.25, 0.3) is 0 Å². The second kappa shape index (κ2) is 8.63. The predicted octanol–water partition coefficient (Wildman–Crippen LogP) is 4.12. The van der Waals surface area contributed by atoms with Gasteiger partial charge in [0.25, 0.3) is 11.8 Å². The molecule has 0 N–H and O–H groups in total. The monoisotopic (exact) mass is 441 g/mol. The number of ketones is 2. The fourth-order valence-corrected chi connectivity index (χ4v) is 3.59. The Morgan fingerprint density at radius 3 is 2.12 bits per heavy atom. The van der Waals surface area contributed by atoms with Gasteiger partial charge in [0.05, 0.1) is 22.4 Å². The van der Waals surface area contributed by atoms with E-state index in [2.05, 4.69) is 0 Å². The molecule has 3 aromatic carbocycles. The van der Waals surface area contributed by atoms with E-state index in [0.29, 0.717) is 11.1 Å². The molecule has 164 valence electrons. The van der Waals surface area contributed by atoms with Gasteiger partial charge in [-0.3, -0.25) is 19.2 Å². The van der Waals surface area contributed by atoms with Crippen LogP contribution in [0.1, 0.15) is 65.6 Å². The van der Waals surface area contributed by atoms with Gasteiger partial charge in [0.2, 0.25) is 5.78 Å². The summed E-state index contributed by atoms with van der Waals surface area (Å²) in [6.45, 7) is 2.86. The molecule has 0 aliphatic carbocycles. The van der Waals surface area contributed by atoms with E-state index in [0.717, 1.165) is 4.90 Å². The Morgan fingerprint density at radius 2 is 1.42 bits per heavy atom. The molecular formula is C26H19NO6. The van der Waals surface area contributed by atoms with Crippen molar-refractivity contribution in [3.63, 3.8) is 0 Å². The third-order valence-electron chi connectivity index (χ3n) is 5.34. The van der Waals surface area contributed by atoms with Crippen molar-refractivity contribution in [3.05, 3.63) is 101 Å². The lowest BCUT2D eigenvalue weighted by atomic mass is 10.1. The summed E-state index contributed by atoms with van der Waals surface area (Å²) in [6.07, 6.45) is -1.03. The van der Waals surface area contributed by atoms with Crippen molar-refractivity contribution >= 4 is 35.0 Å². The van der Waals surface area contributed by atoms with E-state index in [9.17, 15) is 24.0 Å². The topological polar surface area (TPSA) is 97.8 Å². The highest BCUT2D eigenvalue weighted by atomic mass is 16.5. The van der Waals surface area contributed by atoms with Gasteiger partial charge in [0, 0.05) is 11.1 Å². The number of fused-ring (bicyclic) bond motifs is 1. The number of hydrogen-bond acceptors (Lipinski definition) is 6. The van der Waals surface area contributed by atoms with Crippen LogP contribution in [0.4, 0.5) is 5.69 Å². The quantitative estimate of drug-likeness (QED) is 0.324. The van der Waals surface area contributed by atoms with Crippen LogP contribution in [-0.2, 0) is 4.74 Å². The van der Waals surface area contributed by atoms with Crippen molar-refractivity contribution in [3.8, 4) is 0 Å². The minimum absolute atomic E-state index is 0.0435. The van der Waals surface area contributed by atoms with Gasteiger partial charge < -0.3 is 4.74 Å². The van der Waals surface area contributed by atoms with Crippen LogP contribution in [0, 0.1) is 0 Å². The van der Waals surface area contributed by atoms with Crippen molar-refractivity contribution in [2.24, 2.45) is 0 Å². The molecule has 1 atom stereocenters. The van der Waals surface area contributed by atoms with Gasteiger partial charge in [-0.2, -0.15) is 0 Å². The number of anilines is 1. The molecule has 0 saturated carbocycles. The lowest BCUT2D eigenvalue weighted by molar-refractivity contribution is 0.0318. The number of rotatable bonds is 6. The van der Waals surface area contributed by atoms with Crippen molar-refractivity contribution in [2.75, 3.05) is 4.90 Å². The lowest BCUT2D eigenvalue weighted by Gasteiger charge is -2.14. The molecule has 0 radical (unpaired) electrons. The van der Waals surface area contributed by atoms with E-state index in [1.165, 1.54) is 38.1 Å². The number of nitrogens with zero attached hydrogens (tertiary/aromatic N) is 1. The molecule has 7 nitrogen and oxygen atoms in total. The molecule has 0 spiro atoms. The van der Waals surface area contributed by atoms with Gasteiger partial charge in [-0.05, 0) is 44.2 Å². The van der Waals surface area contributed by atoms with Crippen LogP contribution >= 0.6 is 0 Å². The van der Waals surface area contributed by atoms with Gasteiger partial charge in [-0.15, -0.1) is 0 Å². The third-order valence-corrected chi connectivity index (χ3v) is 5.34. The molecule has 7 heteroatoms. The Labute approximate surface area is 189 Å². The number of carbonyl (C=O) groups is 5. The summed E-state index contributed by atoms with van der Waals surface area (Å²) in [5.41, 5.74) is 1.27. The molecule has 1 heterocycles. The molecule has 33 heavy (non-hydrogen) atoms. The number of ether oxygens (including phenoxy) is 1. The van der Waals surface area contributed by atoms with E-state index in [1.807, 2.05) is 0 Å². The van der Waals surface area contributed by atoms with Gasteiger partial charge >= 0.3 is 5.97 Å². The van der Waals surface area contributed by atoms with Gasteiger partial charge in [-0.25, -0.2) is 9.69 Å². The average Bonchev–Trinajstić information content (AvgIpc) is 3.08. The zero-order valence-corrected chi connectivity index (χ0v) is 17.9. The van der Waals surface area contributed by atoms with Gasteiger partial charge in [0.15, 0.2) is 11.9 Å². The number of imide groups is 1. The molecule has 0 aromatic heterocycles. The number of esters is 1. The van der Waals surface area contributed by atoms with E-state index >= 15 is 0 Å².